The number of nitrogens with zero attached hydrogens (tertiary/aromatic N) is 2. The van der Waals surface area contributed by atoms with E-state index >= 15 is 0 Å². The maximum Gasteiger partial charge on any atom is 0.228 e. The van der Waals surface area contributed by atoms with Crippen LogP contribution in [-0.4, -0.2) is 23.4 Å². The van der Waals surface area contributed by atoms with Gasteiger partial charge in [-0.15, -0.1) is 0 Å². The summed E-state index contributed by atoms with van der Waals surface area (Å²) in [5.74, 6) is 0.0662. The second-order valence-corrected chi connectivity index (χ2v) is 5.59. The third-order valence-corrected chi connectivity index (χ3v) is 4.14. The summed E-state index contributed by atoms with van der Waals surface area (Å²) < 4.78 is 0. The molecule has 3 nitrogen and oxygen atoms in total. The number of likely N-dealkylation sites (tertiary alicyclic amines) is 1. The largest absolute Gasteiger partial charge is 0.326 e. The van der Waals surface area contributed by atoms with Gasteiger partial charge in [0.2, 0.25) is 5.91 Å². The average Bonchev–Trinajstić information content (AvgIpc) is 2.54. The lowest BCUT2D eigenvalue weighted by atomic mass is 10.0. The van der Waals surface area contributed by atoms with E-state index in [0.29, 0.717) is 13.0 Å². The fourth-order valence-electron chi connectivity index (χ4n) is 2.99. The van der Waals surface area contributed by atoms with Crippen LogP contribution in [0, 0.1) is 11.3 Å². The number of carbonyl (C=O) groups excluding carboxylic acids is 1. The smallest absolute Gasteiger partial charge is 0.228 e. The summed E-state index contributed by atoms with van der Waals surface area (Å²) in [4.78, 5) is 14.2. The number of nitriles is 1. The van der Waals surface area contributed by atoms with Crippen molar-refractivity contribution in [3.63, 3.8) is 0 Å². The number of hydrogen-bond acceptors (Lipinski definition) is 2. The highest BCUT2D eigenvalue weighted by molar-refractivity contribution is 5.85. The molecule has 0 aromatic heterocycles. The minimum absolute atomic E-state index is 0.0662. The Labute approximate surface area is 124 Å². The first kappa shape index (κ1) is 13.6. The number of benzene rings is 2. The fraction of sp³-hybridized carbons (Fsp3) is 0.333. The molecule has 3 rings (SSSR count). The molecule has 1 unspecified atom stereocenters. The standard InChI is InChI=1S/C18H18N2O/c19-13-17-7-3-4-10-20(17)18(21)12-14-8-9-15-5-1-2-6-16(15)11-14/h1-2,5-6,8-9,11,17H,3-4,7,10,12H2. The van der Waals surface area contributed by atoms with Crippen LogP contribution in [0.2, 0.25) is 0 Å². The summed E-state index contributed by atoms with van der Waals surface area (Å²) in [5.41, 5.74) is 1.01. The van der Waals surface area contributed by atoms with Crippen LogP contribution in [-0.2, 0) is 11.2 Å². The molecule has 1 fully saturated rings. The van der Waals surface area contributed by atoms with Crippen molar-refractivity contribution in [1.29, 1.82) is 5.26 Å². The molecule has 0 radical (unpaired) electrons. The first-order chi connectivity index (χ1) is 10.3. The summed E-state index contributed by atoms with van der Waals surface area (Å²) in [5, 5.41) is 11.5. The Balaban J connectivity index is 1.78. The minimum Gasteiger partial charge on any atom is -0.326 e. The van der Waals surface area contributed by atoms with Gasteiger partial charge in [-0.3, -0.25) is 4.79 Å². The Morgan fingerprint density at radius 1 is 1.19 bits per heavy atom. The Morgan fingerprint density at radius 3 is 2.81 bits per heavy atom. The van der Waals surface area contributed by atoms with Gasteiger partial charge in [0.05, 0.1) is 12.5 Å². The molecule has 3 heteroatoms. The molecular formula is C18H18N2O. The van der Waals surface area contributed by atoms with Crippen molar-refractivity contribution >= 4 is 16.7 Å². The molecule has 1 aliphatic rings. The zero-order valence-electron chi connectivity index (χ0n) is 12.0. The van der Waals surface area contributed by atoms with Gasteiger partial charge in [0.1, 0.15) is 6.04 Å². The summed E-state index contributed by atoms with van der Waals surface area (Å²) in [6, 6.07) is 16.3. The molecule has 1 aliphatic heterocycles. The van der Waals surface area contributed by atoms with Crippen LogP contribution in [0.4, 0.5) is 0 Å². The van der Waals surface area contributed by atoms with Gasteiger partial charge >= 0.3 is 0 Å². The number of carbonyl (C=O) groups is 1. The van der Waals surface area contributed by atoms with Gasteiger partial charge in [-0.25, -0.2) is 0 Å². The third-order valence-electron chi connectivity index (χ3n) is 4.14. The summed E-state index contributed by atoms with van der Waals surface area (Å²) in [6.07, 6.45) is 3.22. The van der Waals surface area contributed by atoms with Crippen molar-refractivity contribution < 1.29 is 4.79 Å². The molecule has 1 saturated heterocycles. The van der Waals surface area contributed by atoms with E-state index in [1.54, 1.807) is 4.90 Å². The average molecular weight is 278 g/mol. The second-order valence-electron chi connectivity index (χ2n) is 5.59. The number of rotatable bonds is 2. The minimum atomic E-state index is -0.244. The highest BCUT2D eigenvalue weighted by Crippen LogP contribution is 2.20. The molecule has 1 atom stereocenters. The lowest BCUT2D eigenvalue weighted by Gasteiger charge is -2.31. The Morgan fingerprint density at radius 2 is 2.00 bits per heavy atom. The summed E-state index contributed by atoms with van der Waals surface area (Å²) >= 11 is 0. The lowest BCUT2D eigenvalue weighted by Crippen LogP contribution is -2.43. The van der Waals surface area contributed by atoms with Crippen LogP contribution in [0.1, 0.15) is 24.8 Å². The molecule has 21 heavy (non-hydrogen) atoms. The number of fused-ring (bicyclic) bond motifs is 1. The van der Waals surface area contributed by atoms with E-state index in [1.165, 1.54) is 5.39 Å². The van der Waals surface area contributed by atoms with Crippen molar-refractivity contribution in [3.8, 4) is 6.07 Å². The van der Waals surface area contributed by atoms with Gasteiger partial charge in [-0.1, -0.05) is 42.5 Å². The zero-order valence-corrected chi connectivity index (χ0v) is 12.0. The van der Waals surface area contributed by atoms with E-state index in [1.807, 2.05) is 18.2 Å². The SMILES string of the molecule is N#CC1CCCCN1C(=O)Cc1ccc2ccccc2c1. The van der Waals surface area contributed by atoms with Crippen LogP contribution in [0.15, 0.2) is 42.5 Å². The predicted molar refractivity (Wildman–Crippen MR) is 82.6 cm³/mol. The van der Waals surface area contributed by atoms with Crippen LogP contribution < -0.4 is 0 Å². The molecule has 1 heterocycles. The van der Waals surface area contributed by atoms with Crippen molar-refractivity contribution in [2.75, 3.05) is 6.54 Å². The van der Waals surface area contributed by atoms with E-state index in [-0.39, 0.29) is 11.9 Å². The third kappa shape index (κ3) is 2.90. The molecule has 0 N–H and O–H groups in total. The quantitative estimate of drug-likeness (QED) is 0.846. The molecule has 0 spiro atoms. The van der Waals surface area contributed by atoms with Crippen molar-refractivity contribution in [2.45, 2.75) is 31.7 Å². The molecule has 0 saturated carbocycles. The topological polar surface area (TPSA) is 44.1 Å². The second kappa shape index (κ2) is 5.97. The van der Waals surface area contributed by atoms with Gasteiger partial charge in [-0.2, -0.15) is 5.26 Å². The highest BCUT2D eigenvalue weighted by Gasteiger charge is 2.26. The van der Waals surface area contributed by atoms with Crippen molar-refractivity contribution in [1.82, 2.24) is 4.90 Å². The van der Waals surface area contributed by atoms with E-state index in [2.05, 4.69) is 30.3 Å². The van der Waals surface area contributed by atoms with Crippen molar-refractivity contribution in [2.24, 2.45) is 0 Å². The molecule has 1 amide bonds. The molecule has 2 aromatic rings. The van der Waals surface area contributed by atoms with Crippen LogP contribution in [0.3, 0.4) is 0 Å². The maximum atomic E-state index is 12.4. The van der Waals surface area contributed by atoms with E-state index in [4.69, 9.17) is 0 Å². The maximum absolute atomic E-state index is 12.4. The number of amides is 1. The normalized spacial score (nSPS) is 18.4. The molecular weight excluding hydrogens is 260 g/mol. The van der Waals surface area contributed by atoms with Gasteiger partial charge < -0.3 is 4.90 Å². The monoisotopic (exact) mass is 278 g/mol. The van der Waals surface area contributed by atoms with Crippen molar-refractivity contribution in [3.05, 3.63) is 48.0 Å². The Kier molecular flexibility index (Phi) is 3.87. The molecule has 2 aromatic carbocycles. The van der Waals surface area contributed by atoms with E-state index < -0.39 is 0 Å². The van der Waals surface area contributed by atoms with Gasteiger partial charge in [0.15, 0.2) is 0 Å². The zero-order chi connectivity index (χ0) is 14.7. The number of piperidine rings is 1. The first-order valence-electron chi connectivity index (χ1n) is 7.45. The van der Waals surface area contributed by atoms with E-state index in [9.17, 15) is 10.1 Å². The molecule has 0 aliphatic carbocycles. The first-order valence-corrected chi connectivity index (χ1v) is 7.45. The van der Waals surface area contributed by atoms with Crippen LogP contribution in [0.25, 0.3) is 10.8 Å². The van der Waals surface area contributed by atoms with Gasteiger partial charge in [0, 0.05) is 6.54 Å². The predicted octanol–water partition coefficient (Wildman–Crippen LogP) is 3.29. The summed E-state index contributed by atoms with van der Waals surface area (Å²) in [7, 11) is 0. The highest BCUT2D eigenvalue weighted by atomic mass is 16.2. The van der Waals surface area contributed by atoms with E-state index in [0.717, 1.165) is 30.2 Å². The van der Waals surface area contributed by atoms with Crippen LogP contribution in [0.5, 0.6) is 0 Å². The number of hydrogen-bond donors (Lipinski definition) is 0. The van der Waals surface area contributed by atoms with Gasteiger partial charge in [0.25, 0.3) is 0 Å². The molecule has 0 bridgehead atoms. The Hall–Kier alpha value is -2.34. The Bertz CT molecular complexity index is 702. The summed E-state index contributed by atoms with van der Waals surface area (Å²) in [6.45, 7) is 0.713. The van der Waals surface area contributed by atoms with Crippen LogP contribution >= 0.6 is 0 Å². The molecule has 106 valence electrons. The fourth-order valence-corrected chi connectivity index (χ4v) is 2.99. The van der Waals surface area contributed by atoms with Gasteiger partial charge in [-0.05, 0) is 35.6 Å². The lowest BCUT2D eigenvalue weighted by molar-refractivity contribution is -0.132.